The van der Waals surface area contributed by atoms with E-state index in [0.29, 0.717) is 0 Å². The van der Waals surface area contributed by atoms with Gasteiger partial charge in [0.25, 0.3) is 0 Å². The maximum Gasteiger partial charge on any atom is 0.203 e. The van der Waals surface area contributed by atoms with Crippen LogP contribution in [0.15, 0.2) is 0 Å². The Balaban J connectivity index is 2.04. The Morgan fingerprint density at radius 3 is 3.00 bits per heavy atom. The maximum atomic E-state index is 4.29. The van der Waals surface area contributed by atoms with Crippen LogP contribution in [0.3, 0.4) is 0 Å². The maximum absolute atomic E-state index is 4.29. The molecule has 0 spiro atoms. The first kappa shape index (κ1) is 8.90. The predicted octanol–water partition coefficient (Wildman–Crippen LogP) is 1.01. The average Bonchev–Trinajstić information content (AvgIpc) is 2.62. The summed E-state index contributed by atoms with van der Waals surface area (Å²) in [6, 6.07) is 0. The van der Waals surface area contributed by atoms with Crippen LogP contribution >= 0.6 is 11.5 Å². The lowest BCUT2D eigenvalue weighted by Gasteiger charge is -2.23. The molecule has 0 aromatic carbocycles. The van der Waals surface area contributed by atoms with Crippen molar-refractivity contribution in [2.75, 3.05) is 18.4 Å². The molecule has 72 valence electrons. The molecule has 0 aliphatic carbocycles. The second-order valence-electron chi connectivity index (χ2n) is 3.76. The predicted molar refractivity (Wildman–Crippen MR) is 54.2 cm³/mol. The summed E-state index contributed by atoms with van der Waals surface area (Å²) >= 11 is 1.43. The highest BCUT2D eigenvalue weighted by molar-refractivity contribution is 7.09. The molecule has 0 saturated carbocycles. The molecular weight excluding hydrogens is 184 g/mol. The van der Waals surface area contributed by atoms with E-state index in [1.54, 1.807) is 0 Å². The molecule has 1 aliphatic heterocycles. The van der Waals surface area contributed by atoms with Gasteiger partial charge in [0.2, 0.25) is 5.13 Å². The van der Waals surface area contributed by atoms with Crippen LogP contribution in [0.4, 0.5) is 5.13 Å². The van der Waals surface area contributed by atoms with Crippen LogP contribution in [-0.4, -0.2) is 28.0 Å². The van der Waals surface area contributed by atoms with E-state index in [2.05, 4.69) is 26.9 Å². The van der Waals surface area contributed by atoms with E-state index in [1.807, 2.05) is 6.92 Å². The third kappa shape index (κ3) is 1.97. The van der Waals surface area contributed by atoms with Crippen molar-refractivity contribution in [3.8, 4) is 0 Å². The first-order valence-electron chi connectivity index (χ1n) is 4.47. The number of nitrogens with zero attached hydrogens (tertiary/aromatic N) is 2. The summed E-state index contributed by atoms with van der Waals surface area (Å²) in [4.78, 5) is 4.29. The number of hydrogen-bond acceptors (Lipinski definition) is 5. The number of rotatable bonds is 2. The van der Waals surface area contributed by atoms with Crippen LogP contribution in [0, 0.1) is 6.92 Å². The molecule has 1 atom stereocenters. The minimum absolute atomic E-state index is 0.159. The van der Waals surface area contributed by atoms with Gasteiger partial charge in [-0.15, -0.1) is 0 Å². The summed E-state index contributed by atoms with van der Waals surface area (Å²) in [5.41, 5.74) is 0.159. The first-order valence-corrected chi connectivity index (χ1v) is 5.25. The lowest BCUT2D eigenvalue weighted by Crippen LogP contribution is -2.36. The van der Waals surface area contributed by atoms with E-state index in [0.717, 1.165) is 30.5 Å². The van der Waals surface area contributed by atoms with Gasteiger partial charge in [-0.05, 0) is 26.8 Å². The van der Waals surface area contributed by atoms with Crippen LogP contribution < -0.4 is 10.6 Å². The summed E-state index contributed by atoms with van der Waals surface area (Å²) in [6.07, 6.45) is 1.14. The van der Waals surface area contributed by atoms with Gasteiger partial charge in [-0.2, -0.15) is 4.37 Å². The number of aryl methyl sites for hydroxylation is 1. The van der Waals surface area contributed by atoms with Gasteiger partial charge in [0.15, 0.2) is 0 Å². The fourth-order valence-electron chi connectivity index (χ4n) is 1.53. The highest BCUT2D eigenvalue weighted by Crippen LogP contribution is 2.21. The van der Waals surface area contributed by atoms with E-state index >= 15 is 0 Å². The Kier molecular flexibility index (Phi) is 2.21. The van der Waals surface area contributed by atoms with Crippen molar-refractivity contribution in [1.82, 2.24) is 14.7 Å². The van der Waals surface area contributed by atoms with Crippen molar-refractivity contribution in [2.24, 2.45) is 0 Å². The average molecular weight is 198 g/mol. The van der Waals surface area contributed by atoms with Gasteiger partial charge in [0.1, 0.15) is 5.82 Å². The number of anilines is 1. The van der Waals surface area contributed by atoms with Gasteiger partial charge in [-0.1, -0.05) is 0 Å². The summed E-state index contributed by atoms with van der Waals surface area (Å²) < 4.78 is 4.14. The molecule has 13 heavy (non-hydrogen) atoms. The van der Waals surface area contributed by atoms with E-state index in [-0.39, 0.29) is 5.54 Å². The summed E-state index contributed by atoms with van der Waals surface area (Å²) in [7, 11) is 0. The fraction of sp³-hybridized carbons (Fsp3) is 0.750. The minimum Gasteiger partial charge on any atom is -0.354 e. The van der Waals surface area contributed by atoms with E-state index < -0.39 is 0 Å². The standard InChI is InChI=1S/C8H14N4S/c1-6-10-7(13-12-6)11-8(2)3-4-9-5-8/h9H,3-5H2,1-2H3,(H,10,11,12). The zero-order valence-electron chi connectivity index (χ0n) is 7.92. The number of hydrogen-bond donors (Lipinski definition) is 2. The van der Waals surface area contributed by atoms with Crippen LogP contribution in [0.2, 0.25) is 0 Å². The third-order valence-electron chi connectivity index (χ3n) is 2.31. The molecule has 2 heterocycles. The van der Waals surface area contributed by atoms with Gasteiger partial charge in [-0.25, -0.2) is 4.98 Å². The van der Waals surface area contributed by atoms with Crippen LogP contribution in [0.5, 0.6) is 0 Å². The summed E-state index contributed by atoms with van der Waals surface area (Å²) in [5, 5.41) is 7.69. The van der Waals surface area contributed by atoms with Crippen LogP contribution in [-0.2, 0) is 0 Å². The van der Waals surface area contributed by atoms with E-state index in [1.165, 1.54) is 11.5 Å². The lowest BCUT2D eigenvalue weighted by atomic mass is 10.0. The van der Waals surface area contributed by atoms with E-state index in [4.69, 9.17) is 0 Å². The molecule has 0 amide bonds. The highest BCUT2D eigenvalue weighted by atomic mass is 32.1. The molecule has 4 nitrogen and oxygen atoms in total. The fourth-order valence-corrected chi connectivity index (χ4v) is 2.25. The summed E-state index contributed by atoms with van der Waals surface area (Å²) in [5.74, 6) is 0.849. The molecule has 0 radical (unpaired) electrons. The SMILES string of the molecule is Cc1nsc(NC2(C)CCNC2)n1. The lowest BCUT2D eigenvalue weighted by molar-refractivity contribution is 0.566. The Morgan fingerprint density at radius 1 is 1.62 bits per heavy atom. The normalized spacial score (nSPS) is 27.8. The molecule has 1 aromatic heterocycles. The third-order valence-corrected chi connectivity index (χ3v) is 3.03. The minimum atomic E-state index is 0.159. The molecule has 5 heteroatoms. The zero-order chi connectivity index (χ0) is 9.31. The van der Waals surface area contributed by atoms with Crippen molar-refractivity contribution in [3.63, 3.8) is 0 Å². The van der Waals surface area contributed by atoms with Gasteiger partial charge in [0.05, 0.1) is 5.54 Å². The number of nitrogens with one attached hydrogen (secondary N) is 2. The van der Waals surface area contributed by atoms with Gasteiger partial charge in [-0.3, -0.25) is 0 Å². The molecule has 1 aliphatic rings. The Hall–Kier alpha value is -0.680. The smallest absolute Gasteiger partial charge is 0.203 e. The van der Waals surface area contributed by atoms with Crippen LogP contribution in [0.1, 0.15) is 19.2 Å². The van der Waals surface area contributed by atoms with Crippen molar-refractivity contribution in [1.29, 1.82) is 0 Å². The Morgan fingerprint density at radius 2 is 2.46 bits per heavy atom. The van der Waals surface area contributed by atoms with Crippen LogP contribution in [0.25, 0.3) is 0 Å². The largest absolute Gasteiger partial charge is 0.354 e. The topological polar surface area (TPSA) is 49.8 Å². The molecule has 1 aromatic rings. The quantitative estimate of drug-likeness (QED) is 0.744. The molecule has 1 fully saturated rings. The van der Waals surface area contributed by atoms with Crippen molar-refractivity contribution in [3.05, 3.63) is 5.82 Å². The number of aromatic nitrogens is 2. The second-order valence-corrected chi connectivity index (χ2v) is 4.51. The molecule has 0 bridgehead atoms. The molecule has 1 unspecified atom stereocenters. The van der Waals surface area contributed by atoms with Gasteiger partial charge in [0, 0.05) is 18.1 Å². The Labute approximate surface area is 81.9 Å². The first-order chi connectivity index (χ1) is 6.18. The molecular formula is C8H14N4S. The van der Waals surface area contributed by atoms with Gasteiger partial charge < -0.3 is 10.6 Å². The highest BCUT2D eigenvalue weighted by Gasteiger charge is 2.28. The van der Waals surface area contributed by atoms with Crippen molar-refractivity contribution >= 4 is 16.7 Å². The van der Waals surface area contributed by atoms with Crippen molar-refractivity contribution in [2.45, 2.75) is 25.8 Å². The van der Waals surface area contributed by atoms with Crippen molar-refractivity contribution < 1.29 is 0 Å². The molecule has 2 rings (SSSR count). The monoisotopic (exact) mass is 198 g/mol. The second kappa shape index (κ2) is 3.23. The summed E-state index contributed by atoms with van der Waals surface area (Å²) in [6.45, 7) is 6.22. The Bertz CT molecular complexity index is 290. The molecule has 2 N–H and O–H groups in total. The van der Waals surface area contributed by atoms with Gasteiger partial charge >= 0.3 is 0 Å². The zero-order valence-corrected chi connectivity index (χ0v) is 8.74. The van der Waals surface area contributed by atoms with E-state index in [9.17, 15) is 0 Å². The molecule has 1 saturated heterocycles.